The van der Waals surface area contributed by atoms with Gasteiger partial charge in [0.2, 0.25) is 0 Å². The van der Waals surface area contributed by atoms with E-state index in [2.05, 4.69) is 24.4 Å². The molecule has 1 aromatic carbocycles. The van der Waals surface area contributed by atoms with E-state index in [1.807, 2.05) is 30.0 Å². The molecule has 5 heteroatoms. The van der Waals surface area contributed by atoms with Gasteiger partial charge < -0.3 is 5.32 Å². The minimum Gasteiger partial charge on any atom is -0.313 e. The first kappa shape index (κ1) is 17.5. The van der Waals surface area contributed by atoms with Crippen LogP contribution in [0.4, 0.5) is 0 Å². The molecule has 0 spiro atoms. The molecule has 0 aliphatic rings. The summed E-state index contributed by atoms with van der Waals surface area (Å²) >= 11 is 1.82. The van der Waals surface area contributed by atoms with Crippen LogP contribution in [0.15, 0.2) is 35.2 Å². The number of nitrogens with one attached hydrogen (secondary N) is 1. The Bertz CT molecular complexity index is 460. The van der Waals surface area contributed by atoms with Gasteiger partial charge in [-0.05, 0) is 37.9 Å². The van der Waals surface area contributed by atoms with E-state index in [1.165, 1.54) is 11.2 Å². The summed E-state index contributed by atoms with van der Waals surface area (Å²) in [7, 11) is -2.84. The summed E-state index contributed by atoms with van der Waals surface area (Å²) in [6.07, 6.45) is 4.04. The van der Waals surface area contributed by atoms with Crippen molar-refractivity contribution in [3.63, 3.8) is 0 Å². The van der Waals surface area contributed by atoms with Gasteiger partial charge in [-0.2, -0.15) is 0 Å². The number of sulfone groups is 1. The van der Waals surface area contributed by atoms with Crippen LogP contribution in [0.5, 0.6) is 0 Å². The van der Waals surface area contributed by atoms with Crippen molar-refractivity contribution in [3.05, 3.63) is 30.3 Å². The molecule has 0 aromatic heterocycles. The van der Waals surface area contributed by atoms with Gasteiger partial charge >= 0.3 is 0 Å². The Balaban J connectivity index is 2.39. The minimum absolute atomic E-state index is 0.285. The van der Waals surface area contributed by atoms with Crippen molar-refractivity contribution < 1.29 is 8.42 Å². The zero-order valence-corrected chi connectivity index (χ0v) is 14.0. The van der Waals surface area contributed by atoms with Gasteiger partial charge in [-0.25, -0.2) is 8.42 Å². The molecule has 0 fully saturated rings. The fourth-order valence-corrected chi connectivity index (χ4v) is 3.62. The molecule has 1 rings (SSSR count). The highest BCUT2D eigenvalue weighted by Crippen LogP contribution is 2.19. The SMILES string of the molecule is CCCNC(CCCS(C)(=O)=O)CSc1ccccc1. The van der Waals surface area contributed by atoms with Gasteiger partial charge in [0, 0.05) is 28.7 Å². The third kappa shape index (κ3) is 8.61. The Morgan fingerprint density at radius 3 is 2.55 bits per heavy atom. The van der Waals surface area contributed by atoms with Gasteiger partial charge in [-0.15, -0.1) is 11.8 Å². The fraction of sp³-hybridized carbons (Fsp3) is 0.600. The highest BCUT2D eigenvalue weighted by Gasteiger charge is 2.10. The van der Waals surface area contributed by atoms with Crippen LogP contribution in [0.3, 0.4) is 0 Å². The van der Waals surface area contributed by atoms with Crippen molar-refractivity contribution in [1.82, 2.24) is 5.32 Å². The Labute approximate surface area is 127 Å². The Morgan fingerprint density at radius 1 is 1.25 bits per heavy atom. The second kappa shape index (κ2) is 9.42. The quantitative estimate of drug-likeness (QED) is 0.674. The lowest BCUT2D eigenvalue weighted by Gasteiger charge is -2.18. The topological polar surface area (TPSA) is 46.2 Å². The molecule has 0 bridgehead atoms. The predicted molar refractivity (Wildman–Crippen MR) is 88.2 cm³/mol. The molecule has 0 heterocycles. The maximum Gasteiger partial charge on any atom is 0.147 e. The van der Waals surface area contributed by atoms with Gasteiger partial charge in [0.05, 0.1) is 0 Å². The molecule has 1 aromatic rings. The van der Waals surface area contributed by atoms with Crippen LogP contribution in [0, 0.1) is 0 Å². The van der Waals surface area contributed by atoms with Gasteiger partial charge in [0.15, 0.2) is 0 Å². The molecule has 1 atom stereocenters. The van der Waals surface area contributed by atoms with E-state index in [4.69, 9.17) is 0 Å². The number of hydrogen-bond acceptors (Lipinski definition) is 4. The Kier molecular flexibility index (Phi) is 8.26. The minimum atomic E-state index is -2.84. The van der Waals surface area contributed by atoms with Gasteiger partial charge in [0.1, 0.15) is 9.84 Å². The van der Waals surface area contributed by atoms with Crippen LogP contribution in [0.25, 0.3) is 0 Å². The smallest absolute Gasteiger partial charge is 0.147 e. The zero-order chi connectivity index (χ0) is 14.8. The van der Waals surface area contributed by atoms with Crippen LogP contribution >= 0.6 is 11.8 Å². The molecule has 0 saturated heterocycles. The first-order valence-corrected chi connectivity index (χ1v) is 10.1. The summed E-state index contributed by atoms with van der Waals surface area (Å²) in [6.45, 7) is 3.13. The average molecular weight is 316 g/mol. The highest BCUT2D eigenvalue weighted by molar-refractivity contribution is 7.99. The number of rotatable bonds is 10. The van der Waals surface area contributed by atoms with E-state index in [0.717, 1.165) is 31.6 Å². The van der Waals surface area contributed by atoms with Gasteiger partial charge in [-0.3, -0.25) is 0 Å². The molecule has 0 aliphatic heterocycles. The van der Waals surface area contributed by atoms with E-state index in [-0.39, 0.29) is 5.75 Å². The molecule has 1 unspecified atom stereocenters. The van der Waals surface area contributed by atoms with Crippen molar-refractivity contribution in [2.45, 2.75) is 37.1 Å². The molecular weight excluding hydrogens is 290 g/mol. The molecule has 3 nitrogen and oxygen atoms in total. The molecule has 114 valence electrons. The first-order valence-electron chi connectivity index (χ1n) is 7.10. The fourth-order valence-electron chi connectivity index (χ4n) is 1.90. The largest absolute Gasteiger partial charge is 0.313 e. The summed E-state index contributed by atoms with van der Waals surface area (Å²) in [4.78, 5) is 1.26. The molecular formula is C15H25NO2S2. The number of benzene rings is 1. The van der Waals surface area contributed by atoms with Crippen LogP contribution < -0.4 is 5.32 Å². The molecule has 0 saturated carbocycles. The summed E-state index contributed by atoms with van der Waals surface area (Å²) in [6, 6.07) is 10.7. The first-order chi connectivity index (χ1) is 9.51. The van der Waals surface area contributed by atoms with E-state index in [9.17, 15) is 8.42 Å². The summed E-state index contributed by atoms with van der Waals surface area (Å²) in [5.41, 5.74) is 0. The summed E-state index contributed by atoms with van der Waals surface area (Å²) in [5, 5.41) is 3.51. The molecule has 0 amide bonds. The van der Waals surface area contributed by atoms with Crippen LogP contribution in [-0.4, -0.2) is 38.8 Å². The van der Waals surface area contributed by atoms with Crippen molar-refractivity contribution >= 4 is 21.6 Å². The number of hydrogen-bond donors (Lipinski definition) is 1. The van der Waals surface area contributed by atoms with E-state index >= 15 is 0 Å². The third-order valence-electron chi connectivity index (χ3n) is 2.95. The number of thioether (sulfide) groups is 1. The van der Waals surface area contributed by atoms with Crippen LogP contribution in [0.1, 0.15) is 26.2 Å². The average Bonchev–Trinajstić information content (AvgIpc) is 2.41. The van der Waals surface area contributed by atoms with E-state index < -0.39 is 9.84 Å². The van der Waals surface area contributed by atoms with E-state index in [0.29, 0.717) is 6.04 Å². The zero-order valence-electron chi connectivity index (χ0n) is 12.3. The maximum absolute atomic E-state index is 11.2. The molecule has 1 N–H and O–H groups in total. The van der Waals surface area contributed by atoms with Gasteiger partial charge in [0.25, 0.3) is 0 Å². The lowest BCUT2D eigenvalue weighted by atomic mass is 10.2. The highest BCUT2D eigenvalue weighted by atomic mass is 32.2. The lowest BCUT2D eigenvalue weighted by molar-refractivity contribution is 0.512. The van der Waals surface area contributed by atoms with Crippen molar-refractivity contribution in [2.24, 2.45) is 0 Å². The van der Waals surface area contributed by atoms with Crippen molar-refractivity contribution in [3.8, 4) is 0 Å². The lowest BCUT2D eigenvalue weighted by Crippen LogP contribution is -2.32. The summed E-state index contributed by atoms with van der Waals surface area (Å²) < 4.78 is 22.4. The molecule has 20 heavy (non-hydrogen) atoms. The Hall–Kier alpha value is -0.520. The van der Waals surface area contributed by atoms with Crippen molar-refractivity contribution in [2.75, 3.05) is 24.3 Å². The summed E-state index contributed by atoms with van der Waals surface area (Å²) in [5.74, 6) is 1.26. The predicted octanol–water partition coefficient (Wildman–Crippen LogP) is 2.97. The monoisotopic (exact) mass is 315 g/mol. The molecule has 0 aliphatic carbocycles. The third-order valence-corrected chi connectivity index (χ3v) is 5.15. The second-order valence-corrected chi connectivity index (χ2v) is 8.40. The second-order valence-electron chi connectivity index (χ2n) is 5.05. The normalized spacial score (nSPS) is 13.3. The van der Waals surface area contributed by atoms with Crippen molar-refractivity contribution in [1.29, 1.82) is 0 Å². The van der Waals surface area contributed by atoms with Crippen LogP contribution in [-0.2, 0) is 9.84 Å². The van der Waals surface area contributed by atoms with E-state index in [1.54, 1.807) is 0 Å². The maximum atomic E-state index is 11.2. The van der Waals surface area contributed by atoms with Crippen LogP contribution in [0.2, 0.25) is 0 Å². The molecule has 0 radical (unpaired) electrons. The standard InChI is InChI=1S/C15H25NO2S2/c1-3-11-16-14(8-7-12-20(2,17)18)13-19-15-9-5-4-6-10-15/h4-6,9-10,14,16H,3,7-8,11-13H2,1-2H3. The van der Waals surface area contributed by atoms with Gasteiger partial charge in [-0.1, -0.05) is 25.1 Å². The Morgan fingerprint density at radius 2 is 1.95 bits per heavy atom.